The number of fused-ring (bicyclic) bond motifs is 1. The molecule has 2 N–H and O–H groups in total. The first-order chi connectivity index (χ1) is 11.7. The highest BCUT2D eigenvalue weighted by Crippen LogP contribution is 2.27. The van der Waals surface area contributed by atoms with Crippen LogP contribution in [0.2, 0.25) is 0 Å². The van der Waals surface area contributed by atoms with Crippen molar-refractivity contribution in [1.29, 1.82) is 0 Å². The first-order valence-corrected chi connectivity index (χ1v) is 9.44. The Morgan fingerprint density at radius 3 is 2.80 bits per heavy atom. The highest BCUT2D eigenvalue weighted by molar-refractivity contribution is 7.10. The summed E-state index contributed by atoms with van der Waals surface area (Å²) in [5.74, 6) is 0.552. The molecule has 1 aromatic carbocycles. The minimum Gasteiger partial charge on any atom is -0.337 e. The summed E-state index contributed by atoms with van der Waals surface area (Å²) in [5, 5.41) is 2.13. The maximum Gasteiger partial charge on any atom is 0.237 e. The monoisotopic (exact) mass is 377 g/mol. The Balaban J connectivity index is 0.00000182. The van der Waals surface area contributed by atoms with Crippen LogP contribution in [-0.2, 0) is 17.8 Å². The molecular formula is C19H24ClN3OS. The van der Waals surface area contributed by atoms with Crippen molar-refractivity contribution in [3.05, 3.63) is 57.8 Å². The molecule has 3 heterocycles. The summed E-state index contributed by atoms with van der Waals surface area (Å²) >= 11 is 1.81. The molecule has 0 radical (unpaired) electrons. The van der Waals surface area contributed by atoms with Crippen molar-refractivity contribution in [2.45, 2.75) is 24.9 Å². The van der Waals surface area contributed by atoms with Crippen LogP contribution < -0.4 is 5.73 Å². The predicted molar refractivity (Wildman–Crippen MR) is 104 cm³/mol. The van der Waals surface area contributed by atoms with Gasteiger partial charge in [0.05, 0.1) is 6.54 Å². The summed E-state index contributed by atoms with van der Waals surface area (Å²) in [4.78, 5) is 18.3. The van der Waals surface area contributed by atoms with Gasteiger partial charge in [-0.3, -0.25) is 9.69 Å². The van der Waals surface area contributed by atoms with Gasteiger partial charge in [0.2, 0.25) is 5.91 Å². The lowest BCUT2D eigenvalue weighted by atomic mass is 9.95. The molecule has 1 amide bonds. The number of thiophene rings is 1. The number of halogens is 1. The third kappa shape index (κ3) is 3.90. The van der Waals surface area contributed by atoms with Gasteiger partial charge in [-0.1, -0.05) is 30.3 Å². The van der Waals surface area contributed by atoms with Crippen LogP contribution in [0.1, 0.15) is 21.9 Å². The van der Waals surface area contributed by atoms with E-state index in [0.717, 1.165) is 32.6 Å². The molecule has 134 valence electrons. The molecule has 2 aliphatic rings. The normalized spacial score (nSPS) is 23.2. The molecule has 1 aromatic heterocycles. The van der Waals surface area contributed by atoms with E-state index in [1.807, 2.05) is 11.0 Å². The zero-order valence-corrected chi connectivity index (χ0v) is 15.8. The van der Waals surface area contributed by atoms with E-state index in [1.165, 1.54) is 16.0 Å². The van der Waals surface area contributed by atoms with E-state index in [-0.39, 0.29) is 24.4 Å². The highest BCUT2D eigenvalue weighted by atomic mass is 35.5. The number of hydrogen-bond donors (Lipinski definition) is 1. The smallest absolute Gasteiger partial charge is 0.237 e. The summed E-state index contributed by atoms with van der Waals surface area (Å²) < 4.78 is 0. The second kappa shape index (κ2) is 7.87. The van der Waals surface area contributed by atoms with Gasteiger partial charge in [-0.15, -0.1) is 23.7 Å². The van der Waals surface area contributed by atoms with E-state index in [0.29, 0.717) is 12.5 Å². The fourth-order valence-corrected chi connectivity index (χ4v) is 4.74. The van der Waals surface area contributed by atoms with Gasteiger partial charge in [0.15, 0.2) is 0 Å². The second-order valence-electron chi connectivity index (χ2n) is 6.81. The summed E-state index contributed by atoms with van der Waals surface area (Å²) in [6.45, 7) is 3.75. The maximum atomic E-state index is 12.7. The van der Waals surface area contributed by atoms with Gasteiger partial charge in [0.1, 0.15) is 0 Å². The summed E-state index contributed by atoms with van der Waals surface area (Å²) in [6, 6.07) is 12.7. The largest absolute Gasteiger partial charge is 0.337 e. The van der Waals surface area contributed by atoms with Crippen molar-refractivity contribution in [2.75, 3.05) is 26.2 Å². The number of nitrogens with two attached hydrogens (primary N) is 1. The van der Waals surface area contributed by atoms with Crippen molar-refractivity contribution >= 4 is 29.7 Å². The SMILES string of the molecule is Cl.N[C@@H]1CN(CC(=O)N2CCc3sccc3C2)C[C@H]1c1ccccc1. The Labute approximate surface area is 159 Å². The number of likely N-dealkylation sites (tertiary alicyclic amines) is 1. The van der Waals surface area contributed by atoms with Crippen LogP contribution in [0.5, 0.6) is 0 Å². The molecule has 0 bridgehead atoms. The predicted octanol–water partition coefficient (Wildman–Crippen LogP) is 2.48. The van der Waals surface area contributed by atoms with Gasteiger partial charge in [-0.2, -0.15) is 0 Å². The van der Waals surface area contributed by atoms with E-state index in [1.54, 1.807) is 11.3 Å². The average molecular weight is 378 g/mol. The van der Waals surface area contributed by atoms with Crippen molar-refractivity contribution in [1.82, 2.24) is 9.80 Å². The van der Waals surface area contributed by atoms with Crippen molar-refractivity contribution in [2.24, 2.45) is 5.73 Å². The number of carbonyl (C=O) groups is 1. The third-order valence-electron chi connectivity index (χ3n) is 5.19. The second-order valence-corrected chi connectivity index (χ2v) is 7.81. The van der Waals surface area contributed by atoms with Gasteiger partial charge in [-0.05, 0) is 29.0 Å². The molecule has 1 fully saturated rings. The lowest BCUT2D eigenvalue weighted by Gasteiger charge is -2.28. The van der Waals surface area contributed by atoms with Crippen molar-refractivity contribution in [3.63, 3.8) is 0 Å². The Kier molecular flexibility index (Phi) is 5.79. The summed E-state index contributed by atoms with van der Waals surface area (Å²) in [5.41, 5.74) is 8.94. The molecule has 0 unspecified atom stereocenters. The Bertz CT molecular complexity index is 720. The van der Waals surface area contributed by atoms with E-state index in [4.69, 9.17) is 5.73 Å². The maximum absolute atomic E-state index is 12.7. The topological polar surface area (TPSA) is 49.6 Å². The molecule has 6 heteroatoms. The van der Waals surface area contributed by atoms with E-state index < -0.39 is 0 Å². The first kappa shape index (κ1) is 18.4. The van der Waals surface area contributed by atoms with Gasteiger partial charge >= 0.3 is 0 Å². The van der Waals surface area contributed by atoms with Crippen molar-refractivity contribution in [3.8, 4) is 0 Å². The lowest BCUT2D eigenvalue weighted by Crippen LogP contribution is -2.42. The molecule has 4 nitrogen and oxygen atoms in total. The Hall–Kier alpha value is -1.40. The van der Waals surface area contributed by atoms with E-state index >= 15 is 0 Å². The number of nitrogens with zero attached hydrogens (tertiary/aromatic N) is 2. The first-order valence-electron chi connectivity index (χ1n) is 8.56. The molecule has 1 saturated heterocycles. The van der Waals surface area contributed by atoms with E-state index in [2.05, 4.69) is 40.6 Å². The quantitative estimate of drug-likeness (QED) is 0.894. The highest BCUT2D eigenvalue weighted by Gasteiger charge is 2.33. The minimum atomic E-state index is 0. The molecule has 2 aliphatic heterocycles. The number of hydrogen-bond acceptors (Lipinski definition) is 4. The van der Waals surface area contributed by atoms with Crippen LogP contribution in [0, 0.1) is 0 Å². The van der Waals surface area contributed by atoms with E-state index in [9.17, 15) is 4.79 Å². The van der Waals surface area contributed by atoms with Crippen LogP contribution in [0.3, 0.4) is 0 Å². The van der Waals surface area contributed by atoms with Crippen LogP contribution >= 0.6 is 23.7 Å². The van der Waals surface area contributed by atoms with Gasteiger partial charge in [-0.25, -0.2) is 0 Å². The molecule has 25 heavy (non-hydrogen) atoms. The molecule has 0 aliphatic carbocycles. The zero-order chi connectivity index (χ0) is 16.5. The van der Waals surface area contributed by atoms with Gasteiger partial charge < -0.3 is 10.6 Å². The molecule has 4 rings (SSSR count). The summed E-state index contributed by atoms with van der Waals surface area (Å²) in [6.07, 6.45) is 0.991. The molecular weight excluding hydrogens is 354 g/mol. The number of benzene rings is 1. The van der Waals surface area contributed by atoms with Crippen molar-refractivity contribution < 1.29 is 4.79 Å². The van der Waals surface area contributed by atoms with Gasteiger partial charge in [0, 0.05) is 43.0 Å². The lowest BCUT2D eigenvalue weighted by molar-refractivity contribution is -0.133. The number of rotatable bonds is 3. The third-order valence-corrected chi connectivity index (χ3v) is 6.21. The number of carbonyl (C=O) groups excluding carboxylic acids is 1. The zero-order valence-electron chi connectivity index (χ0n) is 14.1. The fraction of sp³-hybridized carbons (Fsp3) is 0.421. The average Bonchev–Trinajstić information content (AvgIpc) is 3.21. The molecule has 0 saturated carbocycles. The Morgan fingerprint density at radius 2 is 2.00 bits per heavy atom. The minimum absolute atomic E-state index is 0. The standard InChI is InChI=1S/C19H23N3OS.ClH/c20-17-12-21(11-16(17)14-4-2-1-3-5-14)13-19(23)22-8-6-18-15(10-22)7-9-24-18;/h1-5,7,9,16-17H,6,8,10-13,20H2;1H/t16-,17+;/m0./s1. The van der Waals surface area contributed by atoms with Crippen LogP contribution in [0.4, 0.5) is 0 Å². The molecule has 2 atom stereocenters. The fourth-order valence-electron chi connectivity index (χ4n) is 3.85. The molecule has 2 aromatic rings. The van der Waals surface area contributed by atoms with Crippen LogP contribution in [0.25, 0.3) is 0 Å². The molecule has 0 spiro atoms. The van der Waals surface area contributed by atoms with Gasteiger partial charge in [0.25, 0.3) is 0 Å². The van der Waals surface area contributed by atoms with Crippen LogP contribution in [-0.4, -0.2) is 47.9 Å². The Morgan fingerprint density at radius 1 is 1.20 bits per heavy atom. The summed E-state index contributed by atoms with van der Waals surface area (Å²) in [7, 11) is 0. The number of amides is 1. The van der Waals surface area contributed by atoms with Crippen LogP contribution in [0.15, 0.2) is 41.8 Å².